The molecule has 4 aliphatic rings. The minimum Gasteiger partial charge on any atom is -0.312 e. The number of rotatable bonds is 2. The van der Waals surface area contributed by atoms with Gasteiger partial charge in [0, 0.05) is 72.7 Å². The third-order valence-electron chi connectivity index (χ3n) is 14.4. The van der Waals surface area contributed by atoms with Gasteiger partial charge in [-0.1, -0.05) is 109 Å². The molecule has 0 saturated carbocycles. The van der Waals surface area contributed by atoms with E-state index in [0.29, 0.717) is 27.1 Å². The summed E-state index contributed by atoms with van der Waals surface area (Å²) >= 11 is 0. The standard InChI is InChI=1S/C56H32B2N4O2/c63-55-35-20-7-11-26-41(35)61-45-30-31-46-50(49(45)56(64)37-22-15-21-36(55)53(37)61)58-40-25-10-13-28-43(40)60(34-18-5-2-6-19-34)48-32-47-51-54(52(48)58)62(46)44-29-14-9-24-39(44)57(51)38-23-8-12-27-42(38)59(47)33-16-3-1-4-17-33/h1-32H. The maximum absolute atomic E-state index is 15.8. The van der Waals surface area contributed by atoms with Gasteiger partial charge in [0.05, 0.1) is 16.6 Å². The van der Waals surface area contributed by atoms with E-state index in [2.05, 4.69) is 171 Å². The van der Waals surface area contributed by atoms with Crippen LogP contribution in [-0.2, 0) is 0 Å². The number of nitrogens with zero attached hydrogens (tertiary/aromatic N) is 4. The number of hydrogen-bond donors (Lipinski definition) is 0. The third kappa shape index (κ3) is 4.09. The summed E-state index contributed by atoms with van der Waals surface area (Å²) in [5.74, 6) is 0. The lowest BCUT2D eigenvalue weighted by Crippen LogP contribution is -2.69. The van der Waals surface area contributed by atoms with E-state index >= 15 is 4.79 Å². The van der Waals surface area contributed by atoms with E-state index in [1.54, 1.807) is 0 Å². The fraction of sp³-hybridized carbons (Fsp3) is 0. The van der Waals surface area contributed by atoms with Gasteiger partial charge in [-0.2, -0.15) is 0 Å². The van der Waals surface area contributed by atoms with Gasteiger partial charge in [-0.25, -0.2) is 0 Å². The van der Waals surface area contributed by atoms with Crippen LogP contribution in [0.5, 0.6) is 0 Å². The third-order valence-corrected chi connectivity index (χ3v) is 14.4. The second-order valence-electron chi connectivity index (χ2n) is 17.4. The van der Waals surface area contributed by atoms with Gasteiger partial charge in [-0.05, 0) is 118 Å². The topological polar surface area (TPSA) is 48.3 Å². The molecule has 0 radical (unpaired) electrons. The second-order valence-corrected chi connectivity index (χ2v) is 17.4. The lowest BCUT2D eigenvalue weighted by Gasteiger charge is -2.51. The van der Waals surface area contributed by atoms with Gasteiger partial charge in [-0.15, -0.1) is 0 Å². The molecular weight excluding hydrogens is 782 g/mol. The van der Waals surface area contributed by atoms with E-state index < -0.39 is 0 Å². The van der Waals surface area contributed by atoms with Crippen LogP contribution in [0.1, 0.15) is 0 Å². The number of hydrogen-bond acceptors (Lipinski definition) is 5. The van der Waals surface area contributed by atoms with E-state index in [1.807, 2.05) is 42.5 Å². The van der Waals surface area contributed by atoms with Crippen LogP contribution >= 0.6 is 0 Å². The average Bonchev–Trinajstić information content (AvgIpc) is 3.35. The van der Waals surface area contributed by atoms with Crippen molar-refractivity contribution < 1.29 is 0 Å². The fourth-order valence-corrected chi connectivity index (χ4v) is 12.1. The highest BCUT2D eigenvalue weighted by atomic mass is 16.1. The van der Waals surface area contributed by atoms with Crippen LogP contribution < -0.4 is 58.3 Å². The van der Waals surface area contributed by atoms with Crippen LogP contribution in [0.15, 0.2) is 204 Å². The van der Waals surface area contributed by atoms with Gasteiger partial charge in [0.1, 0.15) is 0 Å². The van der Waals surface area contributed by atoms with Crippen molar-refractivity contribution in [3.63, 3.8) is 0 Å². The van der Waals surface area contributed by atoms with Crippen LogP contribution in [0.4, 0.5) is 51.2 Å². The first-order chi connectivity index (χ1) is 31.7. The van der Waals surface area contributed by atoms with Crippen LogP contribution in [0.2, 0.25) is 0 Å². The molecule has 294 valence electrons. The number of anilines is 9. The molecule has 0 aliphatic carbocycles. The second kappa shape index (κ2) is 12.2. The van der Waals surface area contributed by atoms with Gasteiger partial charge in [-0.3, -0.25) is 9.59 Å². The number of fused-ring (bicyclic) bond motifs is 15. The van der Waals surface area contributed by atoms with Crippen LogP contribution in [-0.4, -0.2) is 17.8 Å². The first kappa shape index (κ1) is 34.3. The summed E-state index contributed by atoms with van der Waals surface area (Å²) in [6.07, 6.45) is 0. The molecule has 6 nitrogen and oxygen atoms in total. The molecule has 6 heterocycles. The molecular formula is C56H32B2N4O2. The maximum atomic E-state index is 15.8. The summed E-state index contributed by atoms with van der Waals surface area (Å²) in [6.45, 7) is -0.355. The molecule has 4 aliphatic heterocycles. The van der Waals surface area contributed by atoms with Gasteiger partial charge in [0.2, 0.25) is 0 Å². The van der Waals surface area contributed by atoms with E-state index in [1.165, 1.54) is 27.5 Å². The molecule has 0 spiro atoms. The van der Waals surface area contributed by atoms with Crippen molar-refractivity contribution in [3.05, 3.63) is 215 Å². The molecule has 0 saturated heterocycles. The summed E-state index contributed by atoms with van der Waals surface area (Å²) < 4.78 is 2.18. The lowest BCUT2D eigenvalue weighted by molar-refractivity contribution is 1.23. The van der Waals surface area contributed by atoms with Crippen molar-refractivity contribution >= 4 is 135 Å². The van der Waals surface area contributed by atoms with Crippen molar-refractivity contribution in [2.45, 2.75) is 0 Å². The largest absolute Gasteiger partial charge is 0.312 e. The molecule has 2 aromatic heterocycles. The molecule has 11 aromatic rings. The summed E-state index contributed by atoms with van der Waals surface area (Å²) in [4.78, 5) is 37.3. The SMILES string of the molecule is O=c1c2ccccc2n2c3ccc4c(c3c(=O)c3cccc1c32)B1c2ccccc2N(c2ccccc2)c2cc3c5c(c21)N4c1ccccc1B5c1ccccc1N3c1ccccc1. The molecule has 9 aromatic carbocycles. The molecule has 8 heteroatoms. The predicted octanol–water partition coefficient (Wildman–Crippen LogP) is 8.25. The van der Waals surface area contributed by atoms with Crippen LogP contribution in [0.25, 0.3) is 38.1 Å². The van der Waals surface area contributed by atoms with E-state index in [9.17, 15) is 4.79 Å². The van der Waals surface area contributed by atoms with Gasteiger partial charge in [0.25, 0.3) is 13.4 Å². The average molecular weight is 815 g/mol. The molecule has 0 bridgehead atoms. The Bertz CT molecular complexity index is 4010. The Morgan fingerprint density at radius 2 is 0.844 bits per heavy atom. The fourth-order valence-electron chi connectivity index (χ4n) is 12.1. The smallest absolute Gasteiger partial charge is 0.253 e. The van der Waals surface area contributed by atoms with Crippen molar-refractivity contribution in [1.82, 2.24) is 4.40 Å². The zero-order chi connectivity index (χ0) is 41.9. The first-order valence-corrected chi connectivity index (χ1v) is 21.9. The molecule has 0 N–H and O–H groups in total. The zero-order valence-electron chi connectivity index (χ0n) is 34.2. The number of benzene rings is 9. The summed E-state index contributed by atoms with van der Waals surface area (Å²) in [6, 6.07) is 68.2. The van der Waals surface area contributed by atoms with Crippen molar-refractivity contribution in [2.75, 3.05) is 14.7 Å². The monoisotopic (exact) mass is 814 g/mol. The Hall–Kier alpha value is -8.35. The van der Waals surface area contributed by atoms with Crippen molar-refractivity contribution in [3.8, 4) is 0 Å². The summed E-state index contributed by atoms with van der Waals surface area (Å²) in [5.41, 5.74) is 19.0. The molecule has 0 atom stereocenters. The Morgan fingerprint density at radius 3 is 1.48 bits per heavy atom. The van der Waals surface area contributed by atoms with Crippen LogP contribution in [0.3, 0.4) is 0 Å². The van der Waals surface area contributed by atoms with E-state index in [0.717, 1.165) is 67.5 Å². The highest BCUT2D eigenvalue weighted by molar-refractivity contribution is 7.05. The minimum absolute atomic E-state index is 0.0459. The maximum Gasteiger partial charge on any atom is 0.253 e. The molecule has 0 amide bonds. The minimum atomic E-state index is -0.309. The number of pyridine rings is 2. The quantitative estimate of drug-likeness (QED) is 0.100. The Labute approximate surface area is 367 Å². The molecule has 0 unspecified atom stereocenters. The highest BCUT2D eigenvalue weighted by Gasteiger charge is 2.52. The molecule has 15 rings (SSSR count). The van der Waals surface area contributed by atoms with E-state index in [4.69, 9.17) is 0 Å². The number of aromatic nitrogens is 1. The lowest BCUT2D eigenvalue weighted by atomic mass is 9.28. The van der Waals surface area contributed by atoms with Gasteiger partial charge >= 0.3 is 0 Å². The zero-order valence-corrected chi connectivity index (χ0v) is 34.2. The summed E-state index contributed by atoms with van der Waals surface area (Å²) in [5, 5.41) is 2.39. The highest BCUT2D eigenvalue weighted by Crippen LogP contribution is 2.50. The number of para-hydroxylation sites is 7. The van der Waals surface area contributed by atoms with Crippen molar-refractivity contribution in [2.24, 2.45) is 0 Å². The Kier molecular flexibility index (Phi) is 6.52. The van der Waals surface area contributed by atoms with Crippen molar-refractivity contribution in [1.29, 1.82) is 0 Å². The van der Waals surface area contributed by atoms with Crippen LogP contribution in [0, 0.1) is 0 Å². The predicted molar refractivity (Wildman–Crippen MR) is 267 cm³/mol. The molecule has 64 heavy (non-hydrogen) atoms. The molecule has 0 fully saturated rings. The van der Waals surface area contributed by atoms with Gasteiger partial charge < -0.3 is 19.1 Å². The normalized spacial score (nSPS) is 13.9. The Morgan fingerprint density at radius 1 is 0.344 bits per heavy atom. The summed E-state index contributed by atoms with van der Waals surface area (Å²) in [7, 11) is 0. The van der Waals surface area contributed by atoms with Gasteiger partial charge in [0.15, 0.2) is 10.9 Å². The first-order valence-electron chi connectivity index (χ1n) is 21.9. The Balaban J connectivity index is 1.17. The van der Waals surface area contributed by atoms with E-state index in [-0.39, 0.29) is 24.3 Å².